The van der Waals surface area contributed by atoms with Crippen LogP contribution in [0.2, 0.25) is 0 Å². The summed E-state index contributed by atoms with van der Waals surface area (Å²) >= 11 is 5.45. The summed E-state index contributed by atoms with van der Waals surface area (Å²) in [6, 6.07) is 18.0. The molecule has 0 unspecified atom stereocenters. The third kappa shape index (κ3) is 5.41. The Bertz CT molecular complexity index is 1510. The number of aromatic amines is 1. The number of carbonyl (C=O) groups is 1. The van der Waals surface area contributed by atoms with Crippen LogP contribution in [0.4, 0.5) is 0 Å². The average molecular weight is 506 g/mol. The first kappa shape index (κ1) is 25.0. The fourth-order valence-corrected chi connectivity index (χ4v) is 4.17. The van der Waals surface area contributed by atoms with Crippen LogP contribution in [-0.2, 0) is 13.0 Å². The molecule has 1 aromatic heterocycles. The highest BCUT2D eigenvalue weighted by atomic mass is 32.1. The summed E-state index contributed by atoms with van der Waals surface area (Å²) in [5.41, 5.74) is 2.66. The normalized spacial score (nSPS) is 10.8. The summed E-state index contributed by atoms with van der Waals surface area (Å²) in [6.45, 7) is 0.762. The number of benzene rings is 3. The van der Waals surface area contributed by atoms with E-state index in [-0.39, 0.29) is 16.2 Å². The molecule has 0 spiro atoms. The van der Waals surface area contributed by atoms with Crippen LogP contribution < -0.4 is 25.1 Å². The largest absolute Gasteiger partial charge is 0.497 e. The van der Waals surface area contributed by atoms with Crippen LogP contribution in [0.15, 0.2) is 65.5 Å². The molecule has 36 heavy (non-hydrogen) atoms. The predicted molar refractivity (Wildman–Crippen MR) is 141 cm³/mol. The lowest BCUT2D eigenvalue weighted by Crippen LogP contribution is -2.26. The summed E-state index contributed by atoms with van der Waals surface area (Å²) in [6.07, 6.45) is 0.623. The molecule has 1 heterocycles. The second kappa shape index (κ2) is 11.1. The second-order valence-electron chi connectivity index (χ2n) is 8.13. The number of nitrogens with zero attached hydrogens (tertiary/aromatic N) is 1. The van der Waals surface area contributed by atoms with Crippen LogP contribution in [0.3, 0.4) is 0 Å². The van der Waals surface area contributed by atoms with Crippen molar-refractivity contribution in [1.29, 1.82) is 0 Å². The molecule has 0 aliphatic rings. The molecule has 4 rings (SSSR count). The van der Waals surface area contributed by atoms with Gasteiger partial charge in [-0.1, -0.05) is 18.2 Å². The van der Waals surface area contributed by atoms with Crippen LogP contribution in [0.5, 0.6) is 17.2 Å². The Morgan fingerprint density at radius 2 is 1.64 bits per heavy atom. The van der Waals surface area contributed by atoms with Crippen molar-refractivity contribution in [3.05, 3.63) is 92.5 Å². The van der Waals surface area contributed by atoms with Gasteiger partial charge in [0.2, 0.25) is 0 Å². The molecule has 0 saturated heterocycles. The first-order valence-electron chi connectivity index (χ1n) is 11.3. The predicted octanol–water partition coefficient (Wildman–Crippen LogP) is 4.11. The average Bonchev–Trinajstić information content (AvgIpc) is 2.90. The van der Waals surface area contributed by atoms with E-state index < -0.39 is 0 Å². The van der Waals surface area contributed by atoms with Gasteiger partial charge < -0.3 is 24.5 Å². The number of fused-ring (bicyclic) bond motifs is 1. The SMILES string of the molecule is COc1ccc(Cn2c(=S)[nH]c3cc(C(=O)NCCc4ccc(OC)c(OC)c4)ccc3c2=O)cc1. The summed E-state index contributed by atoms with van der Waals surface area (Å²) in [5.74, 6) is 1.80. The molecule has 4 aromatic rings. The highest BCUT2D eigenvalue weighted by Gasteiger charge is 2.11. The summed E-state index contributed by atoms with van der Waals surface area (Å²) in [7, 11) is 4.78. The summed E-state index contributed by atoms with van der Waals surface area (Å²) in [5, 5.41) is 3.37. The molecule has 8 nitrogen and oxygen atoms in total. The number of amides is 1. The number of carbonyl (C=O) groups excluding carboxylic acids is 1. The van der Waals surface area contributed by atoms with Crippen molar-refractivity contribution in [2.24, 2.45) is 0 Å². The zero-order valence-corrected chi connectivity index (χ0v) is 21.1. The molecule has 3 aromatic carbocycles. The van der Waals surface area contributed by atoms with E-state index in [0.717, 1.165) is 16.9 Å². The number of ether oxygens (including phenoxy) is 3. The summed E-state index contributed by atoms with van der Waals surface area (Å²) in [4.78, 5) is 28.9. The maximum absolute atomic E-state index is 13.1. The van der Waals surface area contributed by atoms with Crippen molar-refractivity contribution >= 4 is 29.0 Å². The fourth-order valence-electron chi connectivity index (χ4n) is 3.91. The van der Waals surface area contributed by atoms with Gasteiger partial charge in [0.25, 0.3) is 11.5 Å². The smallest absolute Gasteiger partial charge is 0.262 e. The van der Waals surface area contributed by atoms with Gasteiger partial charge in [-0.25, -0.2) is 0 Å². The highest BCUT2D eigenvalue weighted by Crippen LogP contribution is 2.27. The third-order valence-electron chi connectivity index (χ3n) is 5.89. The Morgan fingerprint density at radius 1 is 0.917 bits per heavy atom. The Morgan fingerprint density at radius 3 is 2.33 bits per heavy atom. The van der Waals surface area contributed by atoms with Gasteiger partial charge in [0.1, 0.15) is 5.75 Å². The van der Waals surface area contributed by atoms with Crippen molar-refractivity contribution in [3.63, 3.8) is 0 Å². The molecule has 0 fully saturated rings. The monoisotopic (exact) mass is 505 g/mol. The number of hydrogen-bond acceptors (Lipinski definition) is 6. The molecule has 1 amide bonds. The molecule has 0 radical (unpaired) electrons. The number of aromatic nitrogens is 2. The Balaban J connectivity index is 1.47. The lowest BCUT2D eigenvalue weighted by Gasteiger charge is -2.11. The van der Waals surface area contributed by atoms with Crippen LogP contribution in [0.25, 0.3) is 10.9 Å². The lowest BCUT2D eigenvalue weighted by atomic mass is 10.1. The number of rotatable bonds is 9. The van der Waals surface area contributed by atoms with Gasteiger partial charge in [0.05, 0.1) is 38.8 Å². The van der Waals surface area contributed by atoms with E-state index in [1.165, 1.54) is 4.57 Å². The Labute approximate surface area is 213 Å². The number of nitrogens with one attached hydrogen (secondary N) is 2. The molecule has 2 N–H and O–H groups in total. The molecule has 0 saturated carbocycles. The van der Waals surface area contributed by atoms with E-state index in [0.29, 0.717) is 47.5 Å². The quantitative estimate of drug-likeness (QED) is 0.333. The number of hydrogen-bond donors (Lipinski definition) is 2. The van der Waals surface area contributed by atoms with Crippen LogP contribution in [0.1, 0.15) is 21.5 Å². The second-order valence-corrected chi connectivity index (χ2v) is 8.51. The van der Waals surface area contributed by atoms with Crippen molar-refractivity contribution < 1.29 is 19.0 Å². The molecular weight excluding hydrogens is 478 g/mol. The molecule has 0 aliphatic heterocycles. The highest BCUT2D eigenvalue weighted by molar-refractivity contribution is 7.71. The minimum Gasteiger partial charge on any atom is -0.497 e. The Hall–Kier alpha value is -4.11. The zero-order valence-electron chi connectivity index (χ0n) is 20.3. The molecule has 9 heteroatoms. The maximum atomic E-state index is 13.1. The topological polar surface area (TPSA) is 94.6 Å². The Kier molecular flexibility index (Phi) is 7.70. The number of methoxy groups -OCH3 is 3. The number of H-pyrrole nitrogens is 1. The van der Waals surface area contributed by atoms with Crippen molar-refractivity contribution in [3.8, 4) is 17.2 Å². The van der Waals surface area contributed by atoms with Crippen LogP contribution >= 0.6 is 12.2 Å². The van der Waals surface area contributed by atoms with Crippen molar-refractivity contribution in [2.75, 3.05) is 27.9 Å². The van der Waals surface area contributed by atoms with E-state index in [1.54, 1.807) is 39.5 Å². The molecule has 186 valence electrons. The van der Waals surface area contributed by atoms with Gasteiger partial charge in [-0.05, 0) is 72.2 Å². The maximum Gasteiger partial charge on any atom is 0.262 e. The molecule has 0 aliphatic carbocycles. The van der Waals surface area contributed by atoms with E-state index >= 15 is 0 Å². The third-order valence-corrected chi connectivity index (χ3v) is 6.21. The van der Waals surface area contributed by atoms with E-state index in [9.17, 15) is 9.59 Å². The van der Waals surface area contributed by atoms with E-state index in [2.05, 4.69) is 10.3 Å². The van der Waals surface area contributed by atoms with Gasteiger partial charge >= 0.3 is 0 Å². The van der Waals surface area contributed by atoms with Crippen LogP contribution in [0, 0.1) is 4.77 Å². The standard InChI is InChI=1S/C27H27N3O5S/c1-33-20-8-4-18(5-9-20)16-30-26(32)21-10-7-19(15-22(21)29-27(30)36)25(31)28-13-12-17-6-11-23(34-2)24(14-17)35-3/h4-11,14-15H,12-13,16H2,1-3H3,(H,28,31)(H,29,36). The molecule has 0 atom stereocenters. The zero-order chi connectivity index (χ0) is 25.7. The minimum absolute atomic E-state index is 0.218. The van der Waals surface area contributed by atoms with Gasteiger partial charge in [-0.2, -0.15) is 0 Å². The van der Waals surface area contributed by atoms with E-state index in [1.807, 2.05) is 42.5 Å². The summed E-state index contributed by atoms with van der Waals surface area (Å²) < 4.78 is 17.6. The van der Waals surface area contributed by atoms with Crippen LogP contribution in [-0.4, -0.2) is 43.3 Å². The van der Waals surface area contributed by atoms with Crippen molar-refractivity contribution in [1.82, 2.24) is 14.9 Å². The van der Waals surface area contributed by atoms with Gasteiger partial charge in [-0.15, -0.1) is 0 Å². The van der Waals surface area contributed by atoms with Gasteiger partial charge in [0.15, 0.2) is 16.3 Å². The lowest BCUT2D eigenvalue weighted by molar-refractivity contribution is 0.0954. The first-order valence-corrected chi connectivity index (χ1v) is 11.7. The van der Waals surface area contributed by atoms with E-state index in [4.69, 9.17) is 26.4 Å². The van der Waals surface area contributed by atoms with Gasteiger partial charge in [0, 0.05) is 12.1 Å². The molecule has 0 bridgehead atoms. The minimum atomic E-state index is -0.237. The first-order chi connectivity index (χ1) is 17.4. The van der Waals surface area contributed by atoms with Gasteiger partial charge in [-0.3, -0.25) is 14.2 Å². The fraction of sp³-hybridized carbons (Fsp3) is 0.222. The molecular formula is C27H27N3O5S. The van der Waals surface area contributed by atoms with Crippen molar-refractivity contribution in [2.45, 2.75) is 13.0 Å².